The van der Waals surface area contributed by atoms with E-state index in [0.717, 1.165) is 0 Å². The highest BCUT2D eigenvalue weighted by molar-refractivity contribution is 4.79. The first kappa shape index (κ1) is 10.8. The van der Waals surface area contributed by atoms with Crippen LogP contribution >= 0.6 is 0 Å². The van der Waals surface area contributed by atoms with E-state index in [2.05, 4.69) is 0 Å². The van der Waals surface area contributed by atoms with Crippen molar-refractivity contribution in [1.29, 1.82) is 0 Å². The van der Waals surface area contributed by atoms with Crippen molar-refractivity contribution in [3.8, 4) is 0 Å². The van der Waals surface area contributed by atoms with Crippen molar-refractivity contribution in [2.45, 2.75) is 26.1 Å². The van der Waals surface area contributed by atoms with Crippen molar-refractivity contribution in [1.82, 2.24) is 0 Å². The summed E-state index contributed by atoms with van der Waals surface area (Å²) in [5, 5.41) is 35.3. The van der Waals surface area contributed by atoms with Gasteiger partial charge in [0.1, 0.15) is 0 Å². The quantitative estimate of drug-likeness (QED) is 0.396. The van der Waals surface area contributed by atoms with E-state index in [1.807, 2.05) is 6.92 Å². The summed E-state index contributed by atoms with van der Waals surface area (Å²) in [6, 6.07) is 0. The van der Waals surface area contributed by atoms with Gasteiger partial charge in [0.2, 0.25) is 0 Å². The van der Waals surface area contributed by atoms with E-state index in [1.54, 1.807) is 0 Å². The fourth-order valence-electron chi connectivity index (χ4n) is 0.998. The van der Waals surface area contributed by atoms with Crippen molar-refractivity contribution in [2.75, 3.05) is 13.2 Å². The average molecular weight is 164 g/mol. The highest BCUT2D eigenvalue weighted by Gasteiger charge is 2.34. The Morgan fingerprint density at radius 3 is 1.73 bits per heavy atom. The van der Waals surface area contributed by atoms with E-state index in [1.165, 1.54) is 0 Å². The van der Waals surface area contributed by atoms with Gasteiger partial charge >= 0.3 is 0 Å². The first-order valence-electron chi connectivity index (χ1n) is 3.71. The van der Waals surface area contributed by atoms with Crippen LogP contribution in [0.2, 0.25) is 0 Å². The Labute approximate surface area is 66.1 Å². The zero-order valence-corrected chi connectivity index (χ0v) is 6.69. The van der Waals surface area contributed by atoms with E-state index in [9.17, 15) is 0 Å². The molecular formula is C7H16O4. The molecule has 0 spiro atoms. The van der Waals surface area contributed by atoms with Crippen LogP contribution in [0.25, 0.3) is 0 Å². The van der Waals surface area contributed by atoms with Crippen LogP contribution in [-0.2, 0) is 0 Å². The minimum Gasteiger partial charge on any atom is -0.396 e. The molecule has 0 aromatic rings. The van der Waals surface area contributed by atoms with E-state index >= 15 is 0 Å². The summed E-state index contributed by atoms with van der Waals surface area (Å²) < 4.78 is 0. The van der Waals surface area contributed by atoms with Crippen LogP contribution < -0.4 is 0 Å². The van der Waals surface area contributed by atoms with Crippen LogP contribution in [0, 0.1) is 5.41 Å². The summed E-state index contributed by atoms with van der Waals surface area (Å²) in [6.07, 6.45) is -0.561. The predicted octanol–water partition coefficient (Wildman–Crippen LogP) is -0.932. The molecule has 0 bridgehead atoms. The minimum absolute atomic E-state index is 0.400. The summed E-state index contributed by atoms with van der Waals surface area (Å²) in [5.74, 6) is 0. The molecule has 0 amide bonds. The zero-order valence-electron chi connectivity index (χ0n) is 6.69. The lowest BCUT2D eigenvalue weighted by Gasteiger charge is -2.30. The average Bonchev–Trinajstić information content (AvgIpc) is 2.00. The highest BCUT2D eigenvalue weighted by Crippen LogP contribution is 2.25. The second-order valence-corrected chi connectivity index (χ2v) is 2.80. The van der Waals surface area contributed by atoms with Gasteiger partial charge in [-0.05, 0) is 6.42 Å². The Hall–Kier alpha value is -0.160. The van der Waals surface area contributed by atoms with Gasteiger partial charge in [-0.25, -0.2) is 0 Å². The fraction of sp³-hybridized carbons (Fsp3) is 1.00. The van der Waals surface area contributed by atoms with Crippen molar-refractivity contribution in [3.05, 3.63) is 0 Å². The van der Waals surface area contributed by atoms with Crippen LogP contribution in [0.3, 0.4) is 0 Å². The number of hydrogen-bond acceptors (Lipinski definition) is 4. The van der Waals surface area contributed by atoms with E-state index in [4.69, 9.17) is 20.4 Å². The fourth-order valence-corrected chi connectivity index (χ4v) is 0.998. The third kappa shape index (κ3) is 2.41. The molecule has 0 atom stereocenters. The van der Waals surface area contributed by atoms with Gasteiger partial charge in [-0.15, -0.1) is 0 Å². The molecule has 4 N–H and O–H groups in total. The molecule has 0 saturated heterocycles. The molecule has 0 saturated carbocycles. The summed E-state index contributed by atoms with van der Waals surface area (Å²) in [4.78, 5) is 0. The van der Waals surface area contributed by atoms with Crippen molar-refractivity contribution in [2.24, 2.45) is 5.41 Å². The number of aliphatic hydroxyl groups is 4. The maximum atomic E-state index is 8.83. The van der Waals surface area contributed by atoms with E-state index in [0.29, 0.717) is 12.8 Å². The van der Waals surface area contributed by atoms with Crippen LogP contribution in [0.1, 0.15) is 19.8 Å². The van der Waals surface area contributed by atoms with Crippen LogP contribution in [0.4, 0.5) is 0 Å². The van der Waals surface area contributed by atoms with Gasteiger partial charge in [-0.1, -0.05) is 13.3 Å². The van der Waals surface area contributed by atoms with Gasteiger partial charge in [0.25, 0.3) is 0 Å². The molecule has 0 aromatic heterocycles. The maximum absolute atomic E-state index is 8.83. The monoisotopic (exact) mass is 164 g/mol. The molecule has 4 heteroatoms. The molecule has 0 aliphatic heterocycles. The van der Waals surface area contributed by atoms with Gasteiger partial charge in [-0.2, -0.15) is 0 Å². The molecule has 0 unspecified atom stereocenters. The molecule has 0 aromatic carbocycles. The lowest BCUT2D eigenvalue weighted by atomic mass is 9.84. The molecule has 68 valence electrons. The molecule has 4 nitrogen and oxygen atoms in total. The molecular weight excluding hydrogens is 148 g/mol. The number of aliphatic hydroxyl groups excluding tert-OH is 3. The normalized spacial score (nSPS) is 12.5. The van der Waals surface area contributed by atoms with Crippen LogP contribution in [-0.4, -0.2) is 39.9 Å². The Morgan fingerprint density at radius 1 is 1.18 bits per heavy atom. The second-order valence-electron chi connectivity index (χ2n) is 2.80. The number of rotatable bonds is 5. The van der Waals surface area contributed by atoms with E-state index in [-0.39, 0.29) is 0 Å². The molecule has 0 heterocycles. The van der Waals surface area contributed by atoms with Crippen LogP contribution in [0.5, 0.6) is 0 Å². The van der Waals surface area contributed by atoms with Gasteiger partial charge in [0.15, 0.2) is 6.29 Å². The van der Waals surface area contributed by atoms with Crippen LogP contribution in [0.15, 0.2) is 0 Å². The molecule has 0 radical (unpaired) electrons. The second kappa shape index (κ2) is 4.66. The van der Waals surface area contributed by atoms with Crippen molar-refractivity contribution in [3.63, 3.8) is 0 Å². The first-order chi connectivity index (χ1) is 5.13. The Bertz CT molecular complexity index is 98.6. The third-order valence-electron chi connectivity index (χ3n) is 1.93. The topological polar surface area (TPSA) is 80.9 Å². The third-order valence-corrected chi connectivity index (χ3v) is 1.93. The highest BCUT2D eigenvalue weighted by atomic mass is 16.5. The summed E-state index contributed by atoms with van der Waals surface area (Å²) in [6.45, 7) is 1.03. The lowest BCUT2D eigenvalue weighted by molar-refractivity contribution is -0.171. The Kier molecular flexibility index (Phi) is 4.60. The standard InChI is InChI=1S/C7H16O4/c1-2-3-7(4-8,5-9)6(10)11/h6,8-11H,2-5H2,1H3. The van der Waals surface area contributed by atoms with Crippen molar-refractivity contribution >= 4 is 0 Å². The molecule has 11 heavy (non-hydrogen) atoms. The van der Waals surface area contributed by atoms with Crippen molar-refractivity contribution < 1.29 is 20.4 Å². The number of hydrogen-bond donors (Lipinski definition) is 4. The summed E-state index contributed by atoms with van der Waals surface area (Å²) in [5.41, 5.74) is -1.14. The lowest BCUT2D eigenvalue weighted by Crippen LogP contribution is -2.41. The largest absolute Gasteiger partial charge is 0.396 e. The van der Waals surface area contributed by atoms with Gasteiger partial charge < -0.3 is 20.4 Å². The Balaban J connectivity index is 4.20. The first-order valence-corrected chi connectivity index (χ1v) is 3.71. The smallest absolute Gasteiger partial charge is 0.161 e. The zero-order chi connectivity index (χ0) is 8.91. The molecule has 0 aliphatic carbocycles. The van der Waals surface area contributed by atoms with Gasteiger partial charge in [0, 0.05) is 0 Å². The summed E-state index contributed by atoms with van der Waals surface area (Å²) in [7, 11) is 0. The predicted molar refractivity (Wildman–Crippen MR) is 39.7 cm³/mol. The Morgan fingerprint density at radius 2 is 1.64 bits per heavy atom. The van der Waals surface area contributed by atoms with E-state index < -0.39 is 24.9 Å². The SMILES string of the molecule is CCCC(CO)(CO)C(O)O. The molecule has 0 fully saturated rings. The minimum atomic E-state index is -1.66. The summed E-state index contributed by atoms with van der Waals surface area (Å²) >= 11 is 0. The molecule has 0 aliphatic rings. The van der Waals surface area contributed by atoms with Gasteiger partial charge in [-0.3, -0.25) is 0 Å². The molecule has 0 rings (SSSR count). The maximum Gasteiger partial charge on any atom is 0.161 e. The van der Waals surface area contributed by atoms with Gasteiger partial charge in [0.05, 0.1) is 18.6 Å².